The van der Waals surface area contributed by atoms with Crippen molar-refractivity contribution in [2.45, 2.75) is 6.61 Å². The molecule has 1 heterocycles. The van der Waals surface area contributed by atoms with Gasteiger partial charge in [0.2, 0.25) is 0 Å². The van der Waals surface area contributed by atoms with E-state index in [1.165, 1.54) is 24.4 Å². The van der Waals surface area contributed by atoms with Crippen LogP contribution < -0.4 is 4.74 Å². The molecule has 0 aliphatic heterocycles. The highest BCUT2D eigenvalue weighted by atomic mass is 35.5. The summed E-state index contributed by atoms with van der Waals surface area (Å²) in [4.78, 5) is 10.9. The fraction of sp³-hybridized carbons (Fsp3) is 0.0909. The van der Waals surface area contributed by atoms with Gasteiger partial charge < -0.3 is 14.4 Å². The lowest BCUT2D eigenvalue weighted by Gasteiger charge is -2.07. The summed E-state index contributed by atoms with van der Waals surface area (Å²) >= 11 is 5.77. The van der Waals surface area contributed by atoms with Crippen LogP contribution >= 0.6 is 11.6 Å². The molecule has 0 aliphatic rings. The quantitative estimate of drug-likeness (QED) is 0.907. The molecule has 0 saturated heterocycles. The first-order valence-electron chi connectivity index (χ1n) is 4.72. The first-order valence-corrected chi connectivity index (χ1v) is 5.10. The maximum Gasteiger partial charge on any atom is 0.339 e. The molecular formula is C11H8ClNO4. The lowest BCUT2D eigenvalue weighted by Crippen LogP contribution is -2.02. The number of carboxylic acids is 1. The van der Waals surface area contributed by atoms with Gasteiger partial charge in [-0.1, -0.05) is 16.8 Å². The lowest BCUT2D eigenvalue weighted by molar-refractivity contribution is 0.0691. The molecule has 5 nitrogen and oxygen atoms in total. The number of carbonyl (C=O) groups is 1. The average molecular weight is 254 g/mol. The van der Waals surface area contributed by atoms with Gasteiger partial charge in [0.25, 0.3) is 0 Å². The third kappa shape index (κ3) is 2.76. The Morgan fingerprint density at radius 2 is 2.29 bits per heavy atom. The molecule has 0 radical (unpaired) electrons. The number of carboxylic acid groups (broad SMARTS) is 1. The number of benzene rings is 1. The maximum absolute atomic E-state index is 10.9. The van der Waals surface area contributed by atoms with Gasteiger partial charge >= 0.3 is 5.97 Å². The summed E-state index contributed by atoms with van der Waals surface area (Å²) < 4.78 is 10.2. The van der Waals surface area contributed by atoms with E-state index in [4.69, 9.17) is 26.0 Å². The molecule has 0 unspecified atom stereocenters. The van der Waals surface area contributed by atoms with E-state index in [2.05, 4.69) is 5.16 Å². The first-order chi connectivity index (χ1) is 8.16. The fourth-order valence-corrected chi connectivity index (χ4v) is 1.42. The molecule has 0 spiro atoms. The summed E-state index contributed by atoms with van der Waals surface area (Å²) in [6.45, 7) is 0.0978. The summed E-state index contributed by atoms with van der Waals surface area (Å²) in [5.74, 6) is -0.378. The van der Waals surface area contributed by atoms with E-state index in [1.54, 1.807) is 6.07 Å². The molecule has 0 amide bonds. The SMILES string of the molecule is O=C(O)c1ccc(Cl)cc1OCc1ccno1. The fourth-order valence-electron chi connectivity index (χ4n) is 1.26. The van der Waals surface area contributed by atoms with Crippen molar-refractivity contribution in [2.24, 2.45) is 0 Å². The summed E-state index contributed by atoms with van der Waals surface area (Å²) in [5, 5.41) is 12.9. The highest BCUT2D eigenvalue weighted by Gasteiger charge is 2.12. The number of nitrogens with zero attached hydrogens (tertiary/aromatic N) is 1. The molecule has 0 bridgehead atoms. The number of ether oxygens (including phenoxy) is 1. The van der Waals surface area contributed by atoms with E-state index in [1.807, 2.05) is 0 Å². The third-order valence-electron chi connectivity index (χ3n) is 2.04. The van der Waals surface area contributed by atoms with Gasteiger partial charge in [-0.05, 0) is 18.2 Å². The van der Waals surface area contributed by atoms with E-state index < -0.39 is 5.97 Å². The van der Waals surface area contributed by atoms with Gasteiger partial charge in [-0.3, -0.25) is 0 Å². The van der Waals surface area contributed by atoms with Crippen molar-refractivity contribution in [1.82, 2.24) is 5.16 Å². The van der Waals surface area contributed by atoms with E-state index >= 15 is 0 Å². The second kappa shape index (κ2) is 4.88. The molecule has 88 valence electrons. The molecule has 2 aromatic rings. The Hall–Kier alpha value is -2.01. The number of rotatable bonds is 4. The summed E-state index contributed by atoms with van der Waals surface area (Å²) in [7, 11) is 0. The Morgan fingerprint density at radius 3 is 2.94 bits per heavy atom. The highest BCUT2D eigenvalue weighted by Crippen LogP contribution is 2.24. The standard InChI is InChI=1S/C11H8ClNO4/c12-7-1-2-9(11(14)15)10(5-7)16-6-8-3-4-13-17-8/h1-5H,6H2,(H,14,15). The zero-order valence-electron chi connectivity index (χ0n) is 8.59. The Bertz CT molecular complexity index is 524. The van der Waals surface area contributed by atoms with Crippen LogP contribution in [0.2, 0.25) is 5.02 Å². The van der Waals surface area contributed by atoms with Crippen LogP contribution in [-0.4, -0.2) is 16.2 Å². The Kier molecular flexibility index (Phi) is 3.30. The Balaban J connectivity index is 2.19. The smallest absolute Gasteiger partial charge is 0.339 e. The predicted octanol–water partition coefficient (Wildman–Crippen LogP) is 2.61. The molecule has 0 atom stereocenters. The molecule has 0 saturated carbocycles. The molecule has 1 N–H and O–H groups in total. The van der Waals surface area contributed by atoms with Crippen LogP contribution in [0.25, 0.3) is 0 Å². The van der Waals surface area contributed by atoms with Gasteiger partial charge in [-0.25, -0.2) is 4.79 Å². The van der Waals surface area contributed by atoms with Crippen molar-refractivity contribution in [3.05, 3.63) is 46.8 Å². The van der Waals surface area contributed by atoms with Crippen LogP contribution in [0.15, 0.2) is 35.0 Å². The topological polar surface area (TPSA) is 72.6 Å². The summed E-state index contributed by atoms with van der Waals surface area (Å²) in [6, 6.07) is 5.96. The molecule has 1 aromatic carbocycles. The van der Waals surface area contributed by atoms with E-state index in [0.29, 0.717) is 10.8 Å². The molecule has 2 rings (SSSR count). The number of aromatic carboxylic acids is 1. The van der Waals surface area contributed by atoms with Crippen molar-refractivity contribution < 1.29 is 19.2 Å². The number of hydrogen-bond acceptors (Lipinski definition) is 4. The zero-order valence-corrected chi connectivity index (χ0v) is 9.35. The predicted molar refractivity (Wildman–Crippen MR) is 59.2 cm³/mol. The third-order valence-corrected chi connectivity index (χ3v) is 2.27. The second-order valence-electron chi connectivity index (χ2n) is 3.21. The summed E-state index contributed by atoms with van der Waals surface area (Å²) in [6.07, 6.45) is 1.48. The monoisotopic (exact) mass is 253 g/mol. The molecule has 0 fully saturated rings. The zero-order chi connectivity index (χ0) is 12.3. The van der Waals surface area contributed by atoms with Crippen molar-refractivity contribution >= 4 is 17.6 Å². The normalized spacial score (nSPS) is 10.2. The van der Waals surface area contributed by atoms with Crippen molar-refractivity contribution in [3.63, 3.8) is 0 Å². The molecule has 17 heavy (non-hydrogen) atoms. The number of aromatic nitrogens is 1. The minimum Gasteiger partial charge on any atom is -0.485 e. The van der Waals surface area contributed by atoms with Gasteiger partial charge in [0.05, 0.1) is 6.20 Å². The number of halogens is 1. The van der Waals surface area contributed by atoms with Crippen molar-refractivity contribution in [1.29, 1.82) is 0 Å². The van der Waals surface area contributed by atoms with Crippen molar-refractivity contribution in [3.8, 4) is 5.75 Å². The molecule has 0 aliphatic carbocycles. The minimum atomic E-state index is -1.07. The van der Waals surface area contributed by atoms with Gasteiger partial charge in [-0.15, -0.1) is 0 Å². The Labute approximate surface area is 102 Å². The summed E-state index contributed by atoms with van der Waals surface area (Å²) in [5.41, 5.74) is 0.0499. The second-order valence-corrected chi connectivity index (χ2v) is 3.65. The van der Waals surface area contributed by atoms with Crippen LogP contribution in [0, 0.1) is 0 Å². The molecular weight excluding hydrogens is 246 g/mol. The van der Waals surface area contributed by atoms with Gasteiger partial charge in [-0.2, -0.15) is 0 Å². The van der Waals surface area contributed by atoms with Crippen molar-refractivity contribution in [2.75, 3.05) is 0 Å². The van der Waals surface area contributed by atoms with Crippen LogP contribution in [0.3, 0.4) is 0 Å². The molecule has 6 heteroatoms. The molecule has 1 aromatic heterocycles. The lowest BCUT2D eigenvalue weighted by atomic mass is 10.2. The van der Waals surface area contributed by atoms with Crippen LogP contribution in [0.4, 0.5) is 0 Å². The average Bonchev–Trinajstić information content (AvgIpc) is 2.78. The van der Waals surface area contributed by atoms with Crippen LogP contribution in [0.1, 0.15) is 16.1 Å². The minimum absolute atomic E-state index is 0.0499. The number of hydrogen-bond donors (Lipinski definition) is 1. The van der Waals surface area contributed by atoms with Crippen LogP contribution in [0.5, 0.6) is 5.75 Å². The van der Waals surface area contributed by atoms with Gasteiger partial charge in [0.15, 0.2) is 5.76 Å². The largest absolute Gasteiger partial charge is 0.485 e. The van der Waals surface area contributed by atoms with Crippen LogP contribution in [-0.2, 0) is 6.61 Å². The van der Waals surface area contributed by atoms with Gasteiger partial charge in [0, 0.05) is 11.1 Å². The Morgan fingerprint density at radius 1 is 1.47 bits per heavy atom. The van der Waals surface area contributed by atoms with E-state index in [0.717, 1.165) is 0 Å². The highest BCUT2D eigenvalue weighted by molar-refractivity contribution is 6.30. The first kappa shape index (κ1) is 11.5. The maximum atomic E-state index is 10.9. The van der Waals surface area contributed by atoms with Gasteiger partial charge in [0.1, 0.15) is 17.9 Å². The van der Waals surface area contributed by atoms with E-state index in [-0.39, 0.29) is 17.9 Å². The van der Waals surface area contributed by atoms with E-state index in [9.17, 15) is 4.79 Å².